The summed E-state index contributed by atoms with van der Waals surface area (Å²) in [5.41, 5.74) is 3.57. The zero-order chi connectivity index (χ0) is 16.1. The fraction of sp³-hybridized carbons (Fsp3) is 0.235. The van der Waals surface area contributed by atoms with Gasteiger partial charge in [0, 0.05) is 10.7 Å². The van der Waals surface area contributed by atoms with Gasteiger partial charge in [0.2, 0.25) is 5.91 Å². The van der Waals surface area contributed by atoms with E-state index in [0.29, 0.717) is 10.8 Å². The van der Waals surface area contributed by atoms with Gasteiger partial charge in [0.1, 0.15) is 5.75 Å². The summed E-state index contributed by atoms with van der Waals surface area (Å²) in [6.07, 6.45) is 0. The average molecular weight is 319 g/mol. The van der Waals surface area contributed by atoms with Crippen LogP contribution in [0.5, 0.6) is 5.75 Å². The first-order valence-corrected chi connectivity index (χ1v) is 7.32. The van der Waals surface area contributed by atoms with E-state index in [-0.39, 0.29) is 12.5 Å². The molecule has 0 bridgehead atoms. The van der Waals surface area contributed by atoms with Gasteiger partial charge < -0.3 is 15.4 Å². The van der Waals surface area contributed by atoms with Gasteiger partial charge in [-0.15, -0.1) is 0 Å². The molecular weight excluding hydrogens is 300 g/mol. The van der Waals surface area contributed by atoms with E-state index in [9.17, 15) is 4.79 Å². The van der Waals surface area contributed by atoms with Crippen LogP contribution in [-0.4, -0.2) is 19.6 Å². The van der Waals surface area contributed by atoms with Gasteiger partial charge in [-0.1, -0.05) is 23.7 Å². The van der Waals surface area contributed by atoms with Gasteiger partial charge in [-0.25, -0.2) is 0 Å². The van der Waals surface area contributed by atoms with Gasteiger partial charge in [0.05, 0.1) is 19.3 Å². The molecule has 0 atom stereocenters. The maximum Gasteiger partial charge on any atom is 0.243 e. The molecule has 2 N–H and O–H groups in total. The lowest BCUT2D eigenvalue weighted by Crippen LogP contribution is -2.22. The number of carbonyl (C=O) groups excluding carboxylic acids is 1. The first-order valence-electron chi connectivity index (χ1n) is 6.94. The Kier molecular flexibility index (Phi) is 5.28. The molecule has 0 fully saturated rings. The number of hydrogen-bond donors (Lipinski definition) is 2. The Morgan fingerprint density at radius 3 is 2.64 bits per heavy atom. The minimum atomic E-state index is -0.145. The lowest BCUT2D eigenvalue weighted by molar-refractivity contribution is -0.114. The van der Waals surface area contributed by atoms with Crippen molar-refractivity contribution in [1.29, 1.82) is 0 Å². The molecule has 116 valence electrons. The van der Waals surface area contributed by atoms with E-state index in [1.165, 1.54) is 0 Å². The Hall–Kier alpha value is -2.20. The third kappa shape index (κ3) is 4.15. The van der Waals surface area contributed by atoms with Crippen LogP contribution in [0, 0.1) is 13.8 Å². The van der Waals surface area contributed by atoms with Crippen LogP contribution in [0.25, 0.3) is 0 Å². The number of nitrogens with one attached hydrogen (secondary N) is 2. The van der Waals surface area contributed by atoms with Crippen molar-refractivity contribution in [2.45, 2.75) is 13.8 Å². The van der Waals surface area contributed by atoms with Crippen molar-refractivity contribution in [3.63, 3.8) is 0 Å². The molecule has 4 nitrogen and oxygen atoms in total. The normalized spacial score (nSPS) is 10.2. The minimum Gasteiger partial charge on any atom is -0.495 e. The molecule has 2 aromatic rings. The molecule has 5 heteroatoms. The lowest BCUT2D eigenvalue weighted by Gasteiger charge is -2.13. The summed E-state index contributed by atoms with van der Waals surface area (Å²) < 4.78 is 5.27. The van der Waals surface area contributed by atoms with Crippen molar-refractivity contribution in [1.82, 2.24) is 0 Å². The second-order valence-electron chi connectivity index (χ2n) is 5.06. The molecule has 0 saturated heterocycles. The molecule has 2 rings (SSSR count). The van der Waals surface area contributed by atoms with E-state index in [4.69, 9.17) is 16.3 Å². The number of aryl methyl sites for hydroxylation is 2. The largest absolute Gasteiger partial charge is 0.495 e. The Labute approximate surface area is 135 Å². The van der Waals surface area contributed by atoms with Crippen molar-refractivity contribution in [2.75, 3.05) is 24.3 Å². The lowest BCUT2D eigenvalue weighted by atomic mass is 10.2. The van der Waals surface area contributed by atoms with Crippen LogP contribution in [0.3, 0.4) is 0 Å². The van der Waals surface area contributed by atoms with Gasteiger partial charge in [-0.2, -0.15) is 0 Å². The Bertz CT molecular complexity index is 686. The summed E-state index contributed by atoms with van der Waals surface area (Å²) in [5.74, 6) is 0.561. The van der Waals surface area contributed by atoms with Crippen LogP contribution >= 0.6 is 11.6 Å². The zero-order valence-electron chi connectivity index (χ0n) is 12.9. The molecule has 0 aliphatic rings. The monoisotopic (exact) mass is 318 g/mol. The molecule has 0 heterocycles. The summed E-state index contributed by atoms with van der Waals surface area (Å²) >= 11 is 5.95. The predicted molar refractivity (Wildman–Crippen MR) is 91.0 cm³/mol. The number of carbonyl (C=O) groups is 1. The third-order valence-corrected chi connectivity index (χ3v) is 3.50. The van der Waals surface area contributed by atoms with Crippen molar-refractivity contribution in [3.05, 3.63) is 52.5 Å². The van der Waals surface area contributed by atoms with Crippen LogP contribution in [0.2, 0.25) is 5.02 Å². The van der Waals surface area contributed by atoms with Crippen LogP contribution in [-0.2, 0) is 4.79 Å². The first kappa shape index (κ1) is 16.2. The van der Waals surface area contributed by atoms with E-state index >= 15 is 0 Å². The topological polar surface area (TPSA) is 50.4 Å². The van der Waals surface area contributed by atoms with Crippen LogP contribution in [0.4, 0.5) is 11.4 Å². The molecule has 0 saturated carbocycles. The standard InChI is InChI=1S/C17H19ClN2O2/c1-11-4-7-16(22-3)15(8-11)19-10-17(21)20-14-9-13(18)6-5-12(14)2/h4-9,19H,10H2,1-3H3,(H,20,21). The summed E-state index contributed by atoms with van der Waals surface area (Å²) in [5, 5.41) is 6.53. The molecule has 0 unspecified atom stereocenters. The first-order chi connectivity index (χ1) is 10.5. The maximum absolute atomic E-state index is 12.1. The molecule has 22 heavy (non-hydrogen) atoms. The second-order valence-corrected chi connectivity index (χ2v) is 5.50. The van der Waals surface area contributed by atoms with Gasteiger partial charge >= 0.3 is 0 Å². The van der Waals surface area contributed by atoms with Crippen molar-refractivity contribution >= 4 is 28.9 Å². The average Bonchev–Trinajstić information content (AvgIpc) is 2.49. The summed E-state index contributed by atoms with van der Waals surface area (Å²) in [7, 11) is 1.60. The molecule has 2 aromatic carbocycles. The van der Waals surface area contributed by atoms with E-state index in [1.807, 2.05) is 38.1 Å². The highest BCUT2D eigenvalue weighted by atomic mass is 35.5. The smallest absolute Gasteiger partial charge is 0.243 e. The van der Waals surface area contributed by atoms with Gasteiger partial charge in [0.25, 0.3) is 0 Å². The number of halogens is 1. The fourth-order valence-corrected chi connectivity index (χ4v) is 2.23. The van der Waals surface area contributed by atoms with Crippen LogP contribution in [0.15, 0.2) is 36.4 Å². The molecule has 0 aliphatic heterocycles. The van der Waals surface area contributed by atoms with Crippen LogP contribution < -0.4 is 15.4 Å². The maximum atomic E-state index is 12.1. The summed E-state index contributed by atoms with van der Waals surface area (Å²) in [6.45, 7) is 4.05. The molecule has 0 radical (unpaired) electrons. The van der Waals surface area contributed by atoms with Gasteiger partial charge in [-0.3, -0.25) is 4.79 Å². The highest BCUT2D eigenvalue weighted by Gasteiger charge is 2.08. The molecular formula is C17H19ClN2O2. The second kappa shape index (κ2) is 7.18. The van der Waals surface area contributed by atoms with E-state index < -0.39 is 0 Å². The number of rotatable bonds is 5. The zero-order valence-corrected chi connectivity index (χ0v) is 13.6. The van der Waals surface area contributed by atoms with E-state index in [1.54, 1.807) is 19.2 Å². The Morgan fingerprint density at radius 2 is 1.91 bits per heavy atom. The predicted octanol–water partition coefficient (Wildman–Crippen LogP) is 4.02. The van der Waals surface area contributed by atoms with Crippen LogP contribution in [0.1, 0.15) is 11.1 Å². The van der Waals surface area contributed by atoms with Crippen molar-refractivity contribution in [2.24, 2.45) is 0 Å². The number of hydrogen-bond acceptors (Lipinski definition) is 3. The number of anilines is 2. The SMILES string of the molecule is COc1ccc(C)cc1NCC(=O)Nc1cc(Cl)ccc1C. The van der Waals surface area contributed by atoms with E-state index in [0.717, 1.165) is 22.5 Å². The highest BCUT2D eigenvalue weighted by Crippen LogP contribution is 2.25. The molecule has 1 amide bonds. The third-order valence-electron chi connectivity index (χ3n) is 3.27. The summed E-state index contributed by atoms with van der Waals surface area (Å²) in [6, 6.07) is 11.2. The quantitative estimate of drug-likeness (QED) is 0.875. The van der Waals surface area contributed by atoms with E-state index in [2.05, 4.69) is 10.6 Å². The van der Waals surface area contributed by atoms with Gasteiger partial charge in [0.15, 0.2) is 0 Å². The molecule has 0 aliphatic carbocycles. The van der Waals surface area contributed by atoms with Gasteiger partial charge in [-0.05, 0) is 49.2 Å². The highest BCUT2D eigenvalue weighted by molar-refractivity contribution is 6.31. The number of benzene rings is 2. The van der Waals surface area contributed by atoms with Crippen molar-refractivity contribution < 1.29 is 9.53 Å². The fourth-order valence-electron chi connectivity index (χ4n) is 2.06. The number of amides is 1. The minimum absolute atomic E-state index is 0.145. The number of ether oxygens (including phenoxy) is 1. The molecule has 0 aromatic heterocycles. The number of methoxy groups -OCH3 is 1. The van der Waals surface area contributed by atoms with Crippen molar-refractivity contribution in [3.8, 4) is 5.75 Å². The summed E-state index contributed by atoms with van der Waals surface area (Å²) in [4.78, 5) is 12.1. The Morgan fingerprint density at radius 1 is 1.14 bits per heavy atom. The molecule has 0 spiro atoms. The Balaban J connectivity index is 2.01.